The topological polar surface area (TPSA) is 89.1 Å². The lowest BCUT2D eigenvalue weighted by Gasteiger charge is -2.05. The minimum absolute atomic E-state index is 0.119. The third kappa shape index (κ3) is 2.79. The van der Waals surface area contributed by atoms with Gasteiger partial charge in [0.25, 0.3) is 0 Å². The summed E-state index contributed by atoms with van der Waals surface area (Å²) in [6.07, 6.45) is 1.57. The van der Waals surface area contributed by atoms with Gasteiger partial charge in [0.1, 0.15) is 5.03 Å². The molecule has 1 aliphatic heterocycles. The van der Waals surface area contributed by atoms with Crippen LogP contribution in [0.1, 0.15) is 0 Å². The molecule has 2 N–H and O–H groups in total. The molecule has 0 aliphatic carbocycles. The van der Waals surface area contributed by atoms with E-state index in [4.69, 9.17) is 9.47 Å². The second kappa shape index (κ2) is 5.19. The normalized spacial score (nSPS) is 12.4. The number of ether oxygens (including phenoxy) is 2. The molecule has 0 fully saturated rings. The van der Waals surface area contributed by atoms with Crippen LogP contribution in [0, 0.1) is 0 Å². The number of benzene rings is 1. The summed E-state index contributed by atoms with van der Waals surface area (Å²) < 4.78 is 10.4. The Morgan fingerprint density at radius 1 is 1.42 bits per heavy atom. The van der Waals surface area contributed by atoms with Crippen molar-refractivity contribution < 1.29 is 14.3 Å². The fourth-order valence-electron chi connectivity index (χ4n) is 1.57. The van der Waals surface area contributed by atoms with E-state index in [0.29, 0.717) is 22.2 Å². The van der Waals surface area contributed by atoms with E-state index in [9.17, 15) is 4.79 Å². The zero-order valence-electron chi connectivity index (χ0n) is 9.75. The van der Waals surface area contributed by atoms with Crippen molar-refractivity contribution in [2.24, 2.45) is 0 Å². The second-order valence-corrected chi connectivity index (χ2v) is 4.71. The third-order valence-corrected chi connectivity index (χ3v) is 3.30. The molecule has 1 amide bonds. The number of fused-ring (bicyclic) bond motifs is 1. The van der Waals surface area contributed by atoms with E-state index in [0.717, 1.165) is 0 Å². The number of hydrogen-bond donors (Lipinski definition) is 2. The number of aromatic nitrogens is 3. The van der Waals surface area contributed by atoms with Gasteiger partial charge in [-0.2, -0.15) is 10.3 Å². The van der Waals surface area contributed by atoms with Crippen LogP contribution in [-0.4, -0.2) is 33.9 Å². The predicted molar refractivity (Wildman–Crippen MR) is 68.3 cm³/mol. The minimum atomic E-state index is -0.119. The molecule has 0 saturated carbocycles. The molecule has 0 unspecified atom stereocenters. The van der Waals surface area contributed by atoms with Crippen LogP contribution in [0.2, 0.25) is 0 Å². The Kier molecular flexibility index (Phi) is 3.23. The Balaban J connectivity index is 1.57. The summed E-state index contributed by atoms with van der Waals surface area (Å²) in [5.74, 6) is 1.48. The predicted octanol–water partition coefficient (Wildman–Crippen LogP) is 1.26. The van der Waals surface area contributed by atoms with Gasteiger partial charge in [0.15, 0.2) is 11.5 Å². The maximum absolute atomic E-state index is 11.7. The zero-order valence-corrected chi connectivity index (χ0v) is 10.6. The van der Waals surface area contributed by atoms with Crippen LogP contribution in [0.15, 0.2) is 29.4 Å². The Morgan fingerprint density at radius 2 is 2.32 bits per heavy atom. The molecule has 0 bridgehead atoms. The summed E-state index contributed by atoms with van der Waals surface area (Å²) in [7, 11) is 0. The number of nitrogens with one attached hydrogen (secondary N) is 2. The number of aromatic amines is 1. The highest BCUT2D eigenvalue weighted by atomic mass is 32.2. The third-order valence-electron chi connectivity index (χ3n) is 2.40. The molecule has 8 heteroatoms. The number of hydrogen-bond acceptors (Lipinski definition) is 6. The maximum Gasteiger partial charge on any atom is 0.234 e. The van der Waals surface area contributed by atoms with E-state index in [1.54, 1.807) is 24.4 Å². The molecule has 2 aromatic rings. The smallest absolute Gasteiger partial charge is 0.234 e. The Hall–Kier alpha value is -2.22. The molecule has 0 spiro atoms. The molecule has 7 nitrogen and oxygen atoms in total. The largest absolute Gasteiger partial charge is 0.454 e. The van der Waals surface area contributed by atoms with Gasteiger partial charge in [-0.25, -0.2) is 0 Å². The molecule has 1 aliphatic rings. The zero-order chi connectivity index (χ0) is 13.1. The van der Waals surface area contributed by atoms with Crippen LogP contribution in [0.5, 0.6) is 11.5 Å². The van der Waals surface area contributed by atoms with Crippen LogP contribution >= 0.6 is 11.8 Å². The Labute approximate surface area is 112 Å². The second-order valence-electron chi connectivity index (χ2n) is 3.71. The molecular weight excluding hydrogens is 268 g/mol. The van der Waals surface area contributed by atoms with Crippen molar-refractivity contribution in [3.63, 3.8) is 0 Å². The number of carbonyl (C=O) groups excluding carboxylic acids is 1. The molecule has 0 atom stereocenters. The summed E-state index contributed by atoms with van der Waals surface area (Å²) >= 11 is 1.31. The van der Waals surface area contributed by atoms with Gasteiger partial charge in [-0.1, -0.05) is 11.8 Å². The van der Waals surface area contributed by atoms with Crippen LogP contribution in [0.25, 0.3) is 0 Å². The summed E-state index contributed by atoms with van der Waals surface area (Å²) in [4.78, 5) is 11.7. The van der Waals surface area contributed by atoms with Gasteiger partial charge in [-0.05, 0) is 12.1 Å². The number of nitrogens with zero attached hydrogens (tertiary/aromatic N) is 2. The van der Waals surface area contributed by atoms with Crippen molar-refractivity contribution in [3.05, 3.63) is 24.4 Å². The number of thioether (sulfide) groups is 1. The molecule has 1 aromatic heterocycles. The minimum Gasteiger partial charge on any atom is -0.454 e. The molecule has 98 valence electrons. The van der Waals surface area contributed by atoms with Gasteiger partial charge >= 0.3 is 0 Å². The van der Waals surface area contributed by atoms with E-state index in [-0.39, 0.29) is 18.5 Å². The molecule has 2 heterocycles. The first-order chi connectivity index (χ1) is 9.31. The lowest BCUT2D eigenvalue weighted by molar-refractivity contribution is -0.113. The lowest BCUT2D eigenvalue weighted by atomic mass is 10.3. The Bertz CT molecular complexity index is 588. The highest BCUT2D eigenvalue weighted by Crippen LogP contribution is 2.34. The highest BCUT2D eigenvalue weighted by Gasteiger charge is 2.14. The first-order valence-electron chi connectivity index (χ1n) is 5.49. The summed E-state index contributed by atoms with van der Waals surface area (Å²) in [5.41, 5.74) is 0.676. The van der Waals surface area contributed by atoms with E-state index < -0.39 is 0 Å². The first kappa shape index (κ1) is 11.8. The highest BCUT2D eigenvalue weighted by molar-refractivity contribution is 7.99. The Morgan fingerprint density at radius 3 is 3.16 bits per heavy atom. The molecule has 3 rings (SSSR count). The summed E-state index contributed by atoms with van der Waals surface area (Å²) in [6.45, 7) is 0.217. The molecule has 1 aromatic carbocycles. The van der Waals surface area contributed by atoms with Crippen molar-refractivity contribution in [2.75, 3.05) is 17.9 Å². The van der Waals surface area contributed by atoms with Crippen LogP contribution in [0.4, 0.5) is 5.69 Å². The van der Waals surface area contributed by atoms with Crippen molar-refractivity contribution in [1.29, 1.82) is 0 Å². The lowest BCUT2D eigenvalue weighted by Crippen LogP contribution is -2.13. The van der Waals surface area contributed by atoms with Gasteiger partial charge in [-0.15, -0.1) is 5.10 Å². The van der Waals surface area contributed by atoms with Gasteiger partial charge in [0.05, 0.1) is 11.9 Å². The van der Waals surface area contributed by atoms with E-state index in [2.05, 4.69) is 20.7 Å². The number of H-pyrrole nitrogens is 1. The van der Waals surface area contributed by atoms with Crippen LogP contribution in [0.3, 0.4) is 0 Å². The van der Waals surface area contributed by atoms with Gasteiger partial charge in [0, 0.05) is 11.8 Å². The molecule has 19 heavy (non-hydrogen) atoms. The van der Waals surface area contributed by atoms with Crippen molar-refractivity contribution >= 4 is 23.4 Å². The standard InChI is InChI=1S/C11H10N4O3S/c16-10(5-19-11-4-12-15-14-11)13-7-1-2-8-9(3-7)18-6-17-8/h1-4H,5-6H2,(H,13,16)(H,12,14,15). The van der Waals surface area contributed by atoms with Gasteiger partial charge < -0.3 is 14.8 Å². The maximum atomic E-state index is 11.7. The molecule has 0 saturated heterocycles. The van der Waals surface area contributed by atoms with Gasteiger partial charge in [-0.3, -0.25) is 4.79 Å². The number of carbonyl (C=O) groups is 1. The van der Waals surface area contributed by atoms with E-state index >= 15 is 0 Å². The van der Waals surface area contributed by atoms with Crippen LogP contribution in [-0.2, 0) is 4.79 Å². The SMILES string of the molecule is O=C(CSc1cn[nH]n1)Nc1ccc2c(c1)OCO2. The number of amides is 1. The fraction of sp³-hybridized carbons (Fsp3) is 0.182. The number of rotatable bonds is 4. The molecular formula is C11H10N4O3S. The monoisotopic (exact) mass is 278 g/mol. The molecule has 0 radical (unpaired) electrons. The van der Waals surface area contributed by atoms with E-state index in [1.807, 2.05) is 0 Å². The fourth-order valence-corrected chi connectivity index (χ4v) is 2.16. The van der Waals surface area contributed by atoms with Crippen LogP contribution < -0.4 is 14.8 Å². The quantitative estimate of drug-likeness (QED) is 0.819. The van der Waals surface area contributed by atoms with Crippen molar-refractivity contribution in [2.45, 2.75) is 5.03 Å². The van der Waals surface area contributed by atoms with E-state index in [1.165, 1.54) is 11.8 Å². The average molecular weight is 278 g/mol. The average Bonchev–Trinajstić information content (AvgIpc) is 3.07. The number of anilines is 1. The first-order valence-corrected chi connectivity index (χ1v) is 6.48. The van der Waals surface area contributed by atoms with Crippen molar-refractivity contribution in [3.8, 4) is 11.5 Å². The summed E-state index contributed by atoms with van der Waals surface area (Å²) in [6, 6.07) is 5.27. The van der Waals surface area contributed by atoms with Crippen molar-refractivity contribution in [1.82, 2.24) is 15.4 Å². The van der Waals surface area contributed by atoms with Gasteiger partial charge in [0.2, 0.25) is 12.7 Å². The summed E-state index contributed by atoms with van der Waals surface area (Å²) in [5, 5.41) is 13.5.